The topological polar surface area (TPSA) is 26.7 Å². The largest absolute Gasteiger partial charge is 0.388 e. The molecular formula is C16H32N2O. The van der Waals surface area contributed by atoms with Gasteiger partial charge in [-0.2, -0.15) is 0 Å². The lowest BCUT2D eigenvalue weighted by Crippen LogP contribution is -2.53. The molecule has 0 saturated carbocycles. The molecule has 2 fully saturated rings. The van der Waals surface area contributed by atoms with Crippen LogP contribution in [0.25, 0.3) is 0 Å². The van der Waals surface area contributed by atoms with Gasteiger partial charge in [-0.05, 0) is 46.7 Å². The first kappa shape index (κ1) is 15.3. The monoisotopic (exact) mass is 268 g/mol. The Hall–Kier alpha value is -0.120. The van der Waals surface area contributed by atoms with Gasteiger partial charge >= 0.3 is 0 Å². The van der Waals surface area contributed by atoms with Gasteiger partial charge in [0, 0.05) is 30.6 Å². The highest BCUT2D eigenvalue weighted by Gasteiger charge is 2.48. The van der Waals surface area contributed by atoms with E-state index in [2.05, 4.69) is 37.5 Å². The van der Waals surface area contributed by atoms with Gasteiger partial charge in [-0.15, -0.1) is 0 Å². The molecule has 0 aromatic heterocycles. The van der Waals surface area contributed by atoms with E-state index in [-0.39, 0.29) is 11.0 Å². The van der Waals surface area contributed by atoms with Crippen molar-refractivity contribution in [1.82, 2.24) is 9.80 Å². The van der Waals surface area contributed by atoms with Crippen molar-refractivity contribution in [3.63, 3.8) is 0 Å². The minimum atomic E-state index is -0.565. The number of piperidine rings is 1. The van der Waals surface area contributed by atoms with E-state index in [1.165, 1.54) is 32.4 Å². The van der Waals surface area contributed by atoms with Crippen molar-refractivity contribution < 1.29 is 5.11 Å². The van der Waals surface area contributed by atoms with E-state index in [4.69, 9.17) is 0 Å². The maximum absolute atomic E-state index is 10.5. The molecule has 0 spiro atoms. The van der Waals surface area contributed by atoms with Crippen LogP contribution >= 0.6 is 0 Å². The van der Waals surface area contributed by atoms with Crippen LogP contribution in [0.2, 0.25) is 0 Å². The third-order valence-electron chi connectivity index (χ3n) is 5.43. The van der Waals surface area contributed by atoms with Crippen LogP contribution in [0.4, 0.5) is 0 Å². The molecule has 2 aliphatic rings. The average molecular weight is 268 g/mol. The normalized spacial score (nSPS) is 33.8. The van der Waals surface area contributed by atoms with Gasteiger partial charge in [0.15, 0.2) is 0 Å². The summed E-state index contributed by atoms with van der Waals surface area (Å²) in [6.07, 6.45) is 4.07. The zero-order chi connectivity index (χ0) is 14.3. The van der Waals surface area contributed by atoms with Crippen LogP contribution in [0, 0.1) is 5.41 Å². The predicted molar refractivity (Wildman–Crippen MR) is 80.3 cm³/mol. The van der Waals surface area contributed by atoms with Crippen LogP contribution in [0.5, 0.6) is 0 Å². The first-order valence-corrected chi connectivity index (χ1v) is 7.84. The van der Waals surface area contributed by atoms with Crippen LogP contribution < -0.4 is 0 Å². The van der Waals surface area contributed by atoms with E-state index < -0.39 is 5.60 Å². The van der Waals surface area contributed by atoms with Crippen LogP contribution in [-0.2, 0) is 0 Å². The van der Waals surface area contributed by atoms with Crippen molar-refractivity contribution in [3.8, 4) is 0 Å². The summed E-state index contributed by atoms with van der Waals surface area (Å²) in [5, 5.41) is 10.5. The third-order valence-corrected chi connectivity index (χ3v) is 5.43. The molecular weight excluding hydrogens is 236 g/mol. The molecule has 2 aliphatic heterocycles. The highest BCUT2D eigenvalue weighted by atomic mass is 16.3. The molecule has 112 valence electrons. The molecule has 0 radical (unpaired) electrons. The summed E-state index contributed by atoms with van der Waals surface area (Å²) in [4.78, 5) is 5.09. The van der Waals surface area contributed by atoms with Crippen molar-refractivity contribution in [1.29, 1.82) is 0 Å². The van der Waals surface area contributed by atoms with Crippen LogP contribution in [0.15, 0.2) is 0 Å². The second kappa shape index (κ2) is 5.01. The Labute approximate surface area is 119 Å². The van der Waals surface area contributed by atoms with Gasteiger partial charge in [0.1, 0.15) is 0 Å². The lowest BCUT2D eigenvalue weighted by Gasteiger charge is -2.43. The Morgan fingerprint density at radius 3 is 2.05 bits per heavy atom. The third kappa shape index (κ3) is 3.14. The fourth-order valence-corrected chi connectivity index (χ4v) is 3.69. The van der Waals surface area contributed by atoms with Crippen LogP contribution in [0.3, 0.4) is 0 Å². The fraction of sp³-hybridized carbons (Fsp3) is 1.00. The van der Waals surface area contributed by atoms with Crippen LogP contribution in [0.1, 0.15) is 53.9 Å². The number of hydrogen-bond acceptors (Lipinski definition) is 3. The highest BCUT2D eigenvalue weighted by Crippen LogP contribution is 2.39. The Balaban J connectivity index is 1.97. The maximum Gasteiger partial charge on any atom is 0.0808 e. The number of aliphatic hydroxyl groups is 1. The first-order valence-electron chi connectivity index (χ1n) is 7.84. The molecule has 1 atom stereocenters. The lowest BCUT2D eigenvalue weighted by molar-refractivity contribution is -0.0122. The predicted octanol–water partition coefficient (Wildman–Crippen LogP) is 2.34. The summed E-state index contributed by atoms with van der Waals surface area (Å²) < 4.78 is 0. The SMILES string of the molecule is CC(C)(CN1CC(C)(C)[C@](C)(O)C1)N1CCCCC1. The second-order valence-corrected chi connectivity index (χ2v) is 8.16. The quantitative estimate of drug-likeness (QED) is 0.851. The number of nitrogens with zero attached hydrogens (tertiary/aromatic N) is 2. The maximum atomic E-state index is 10.5. The van der Waals surface area contributed by atoms with Gasteiger partial charge in [0.2, 0.25) is 0 Å². The fourth-order valence-electron chi connectivity index (χ4n) is 3.69. The summed E-state index contributed by atoms with van der Waals surface area (Å²) in [7, 11) is 0. The van der Waals surface area contributed by atoms with Gasteiger partial charge in [-0.25, -0.2) is 0 Å². The standard InChI is InChI=1S/C16H32N2O/c1-14(2)11-17(13-16(14,5)19)12-15(3,4)18-9-7-6-8-10-18/h19H,6-13H2,1-5H3/t16-/m1/s1. The van der Waals surface area contributed by atoms with E-state index in [1.807, 2.05) is 6.92 Å². The average Bonchev–Trinajstić information content (AvgIpc) is 2.47. The van der Waals surface area contributed by atoms with Crippen molar-refractivity contribution >= 4 is 0 Å². The van der Waals surface area contributed by atoms with Crippen LogP contribution in [-0.4, -0.2) is 58.8 Å². The molecule has 3 nitrogen and oxygen atoms in total. The Bertz CT molecular complexity index is 301. The molecule has 0 aromatic carbocycles. The van der Waals surface area contributed by atoms with Gasteiger partial charge in [-0.3, -0.25) is 9.80 Å². The second-order valence-electron chi connectivity index (χ2n) is 8.16. The van der Waals surface area contributed by atoms with Gasteiger partial charge < -0.3 is 5.11 Å². The molecule has 2 rings (SSSR count). The molecule has 3 heteroatoms. The molecule has 1 N–H and O–H groups in total. The summed E-state index contributed by atoms with van der Waals surface area (Å²) in [6.45, 7) is 16.4. The van der Waals surface area contributed by atoms with Crippen molar-refractivity contribution in [2.45, 2.75) is 65.0 Å². The number of hydrogen-bond donors (Lipinski definition) is 1. The van der Waals surface area contributed by atoms with E-state index in [1.54, 1.807) is 0 Å². The Kier molecular flexibility index (Phi) is 4.03. The number of likely N-dealkylation sites (tertiary alicyclic amines) is 2. The van der Waals surface area contributed by atoms with E-state index in [0.29, 0.717) is 0 Å². The van der Waals surface area contributed by atoms with E-state index in [9.17, 15) is 5.11 Å². The molecule has 0 unspecified atom stereocenters. The van der Waals surface area contributed by atoms with Gasteiger partial charge in [0.25, 0.3) is 0 Å². The highest BCUT2D eigenvalue weighted by molar-refractivity contribution is 5.02. The number of rotatable bonds is 3. The minimum Gasteiger partial charge on any atom is -0.388 e. The molecule has 0 bridgehead atoms. The summed E-state index contributed by atoms with van der Waals surface area (Å²) in [5.74, 6) is 0. The molecule has 0 aromatic rings. The first-order chi connectivity index (χ1) is 8.64. The summed E-state index contributed by atoms with van der Waals surface area (Å²) in [5.41, 5.74) is -0.354. The molecule has 2 heterocycles. The zero-order valence-corrected chi connectivity index (χ0v) is 13.5. The molecule has 0 aliphatic carbocycles. The Morgan fingerprint density at radius 2 is 1.58 bits per heavy atom. The minimum absolute atomic E-state index is 0.00895. The molecule has 2 saturated heterocycles. The molecule has 0 amide bonds. The van der Waals surface area contributed by atoms with Crippen molar-refractivity contribution in [2.75, 3.05) is 32.7 Å². The Morgan fingerprint density at radius 1 is 1.00 bits per heavy atom. The van der Waals surface area contributed by atoms with E-state index in [0.717, 1.165) is 19.6 Å². The lowest BCUT2D eigenvalue weighted by atomic mass is 9.79. The summed E-state index contributed by atoms with van der Waals surface area (Å²) in [6, 6.07) is 0. The zero-order valence-electron chi connectivity index (χ0n) is 13.5. The van der Waals surface area contributed by atoms with Crippen molar-refractivity contribution in [2.24, 2.45) is 5.41 Å². The smallest absolute Gasteiger partial charge is 0.0808 e. The van der Waals surface area contributed by atoms with E-state index >= 15 is 0 Å². The van der Waals surface area contributed by atoms with Crippen molar-refractivity contribution in [3.05, 3.63) is 0 Å². The molecule has 19 heavy (non-hydrogen) atoms. The number of β-amino-alcohol motifs (C(OH)–C–C–N with tert-alkyl or cyclic N) is 1. The van der Waals surface area contributed by atoms with Gasteiger partial charge in [-0.1, -0.05) is 20.3 Å². The summed E-state index contributed by atoms with van der Waals surface area (Å²) >= 11 is 0. The van der Waals surface area contributed by atoms with Gasteiger partial charge in [0.05, 0.1) is 5.60 Å².